The Morgan fingerprint density at radius 1 is 1.50 bits per heavy atom. The molecule has 1 aromatic carbocycles. The number of rotatable bonds is 1. The first-order valence-corrected chi connectivity index (χ1v) is 5.37. The van der Waals surface area contributed by atoms with Gasteiger partial charge in [-0.05, 0) is 24.1 Å². The highest BCUT2D eigenvalue weighted by molar-refractivity contribution is 9.10. The molecule has 1 unspecified atom stereocenters. The van der Waals surface area contributed by atoms with E-state index in [1.165, 1.54) is 5.56 Å². The molecule has 0 saturated carbocycles. The summed E-state index contributed by atoms with van der Waals surface area (Å²) in [4.78, 5) is 4.10. The molecule has 0 fully saturated rings. The minimum absolute atomic E-state index is 0.296. The zero-order valence-corrected chi connectivity index (χ0v) is 9.29. The van der Waals surface area contributed by atoms with Gasteiger partial charge in [0.05, 0.1) is 6.04 Å². The van der Waals surface area contributed by atoms with Crippen molar-refractivity contribution in [1.82, 2.24) is 5.32 Å². The summed E-state index contributed by atoms with van der Waals surface area (Å²) in [6, 6.07) is 8.55. The molecule has 3 nitrogen and oxygen atoms in total. The SMILES string of the molecule is NC1=NCCC(c2cccc(Br)c2)N1. The van der Waals surface area contributed by atoms with Crippen molar-refractivity contribution < 1.29 is 0 Å². The van der Waals surface area contributed by atoms with Crippen LogP contribution >= 0.6 is 15.9 Å². The molecule has 0 saturated heterocycles. The molecule has 14 heavy (non-hydrogen) atoms. The van der Waals surface area contributed by atoms with Crippen LogP contribution in [0, 0.1) is 0 Å². The molecule has 1 atom stereocenters. The van der Waals surface area contributed by atoms with Crippen LogP contribution < -0.4 is 11.1 Å². The highest BCUT2D eigenvalue weighted by atomic mass is 79.9. The Hall–Kier alpha value is -1.03. The number of benzene rings is 1. The molecule has 0 aliphatic carbocycles. The molecular formula is C10H12BrN3. The third kappa shape index (κ3) is 2.07. The van der Waals surface area contributed by atoms with Gasteiger partial charge in [-0.25, -0.2) is 0 Å². The van der Waals surface area contributed by atoms with Gasteiger partial charge in [0.2, 0.25) is 0 Å². The van der Waals surface area contributed by atoms with E-state index in [0.717, 1.165) is 17.4 Å². The molecule has 0 aromatic heterocycles. The summed E-state index contributed by atoms with van der Waals surface area (Å²) in [7, 11) is 0. The van der Waals surface area contributed by atoms with Crippen molar-refractivity contribution in [1.29, 1.82) is 0 Å². The van der Waals surface area contributed by atoms with Gasteiger partial charge in [0.15, 0.2) is 5.96 Å². The summed E-state index contributed by atoms with van der Waals surface area (Å²) in [6.07, 6.45) is 0.997. The second kappa shape index (κ2) is 4.00. The Labute approximate surface area is 91.5 Å². The lowest BCUT2D eigenvalue weighted by molar-refractivity contribution is 0.568. The van der Waals surface area contributed by atoms with Gasteiger partial charge in [-0.15, -0.1) is 0 Å². The lowest BCUT2D eigenvalue weighted by Gasteiger charge is -2.23. The van der Waals surface area contributed by atoms with Crippen LogP contribution in [0.4, 0.5) is 0 Å². The van der Waals surface area contributed by atoms with Crippen LogP contribution in [0.15, 0.2) is 33.7 Å². The highest BCUT2D eigenvalue weighted by Gasteiger charge is 2.15. The Morgan fingerprint density at radius 2 is 2.36 bits per heavy atom. The molecule has 4 heteroatoms. The number of nitrogens with one attached hydrogen (secondary N) is 1. The van der Waals surface area contributed by atoms with Gasteiger partial charge in [0.1, 0.15) is 0 Å². The van der Waals surface area contributed by atoms with Gasteiger partial charge in [-0.2, -0.15) is 0 Å². The maximum absolute atomic E-state index is 5.63. The molecule has 74 valence electrons. The molecule has 1 aliphatic heterocycles. The topological polar surface area (TPSA) is 50.4 Å². The van der Waals surface area contributed by atoms with E-state index in [0.29, 0.717) is 12.0 Å². The molecule has 0 bridgehead atoms. The quantitative estimate of drug-likeness (QED) is 0.802. The van der Waals surface area contributed by atoms with Crippen molar-refractivity contribution in [2.75, 3.05) is 6.54 Å². The molecule has 2 rings (SSSR count). The van der Waals surface area contributed by atoms with E-state index < -0.39 is 0 Å². The van der Waals surface area contributed by atoms with Crippen LogP contribution in [-0.4, -0.2) is 12.5 Å². The van der Waals surface area contributed by atoms with Gasteiger partial charge in [-0.1, -0.05) is 28.1 Å². The predicted molar refractivity (Wildman–Crippen MR) is 61.1 cm³/mol. The number of hydrogen-bond donors (Lipinski definition) is 2. The van der Waals surface area contributed by atoms with E-state index in [4.69, 9.17) is 5.73 Å². The smallest absolute Gasteiger partial charge is 0.189 e. The van der Waals surface area contributed by atoms with E-state index in [9.17, 15) is 0 Å². The van der Waals surface area contributed by atoms with Crippen LogP contribution in [0.2, 0.25) is 0 Å². The van der Waals surface area contributed by atoms with Gasteiger partial charge in [0, 0.05) is 11.0 Å². The van der Waals surface area contributed by atoms with Crippen molar-refractivity contribution in [2.24, 2.45) is 10.7 Å². The molecule has 1 aromatic rings. The largest absolute Gasteiger partial charge is 0.370 e. The highest BCUT2D eigenvalue weighted by Crippen LogP contribution is 2.21. The summed E-state index contributed by atoms with van der Waals surface area (Å²) < 4.78 is 1.10. The molecule has 1 aliphatic rings. The second-order valence-corrected chi connectivity index (χ2v) is 4.22. The number of guanidine groups is 1. The standard InChI is InChI=1S/C10H12BrN3/c11-8-3-1-2-7(6-8)9-4-5-13-10(12)14-9/h1-3,6,9H,4-5H2,(H3,12,13,14). The molecule has 0 amide bonds. The van der Waals surface area contributed by atoms with Gasteiger partial charge in [-0.3, -0.25) is 4.99 Å². The molecule has 1 heterocycles. The first kappa shape index (κ1) is 9.52. The van der Waals surface area contributed by atoms with Crippen molar-refractivity contribution in [3.05, 3.63) is 34.3 Å². The van der Waals surface area contributed by atoms with Crippen LogP contribution in [-0.2, 0) is 0 Å². The first-order valence-electron chi connectivity index (χ1n) is 4.57. The Bertz CT molecular complexity index is 362. The molecule has 3 N–H and O–H groups in total. The normalized spacial score (nSPS) is 21.2. The minimum Gasteiger partial charge on any atom is -0.370 e. The zero-order valence-electron chi connectivity index (χ0n) is 7.70. The van der Waals surface area contributed by atoms with Gasteiger partial charge < -0.3 is 11.1 Å². The fourth-order valence-electron chi connectivity index (χ4n) is 1.58. The monoisotopic (exact) mass is 253 g/mol. The van der Waals surface area contributed by atoms with E-state index in [1.54, 1.807) is 0 Å². The van der Waals surface area contributed by atoms with Crippen LogP contribution in [0.5, 0.6) is 0 Å². The third-order valence-corrected chi connectivity index (χ3v) is 2.77. The average molecular weight is 254 g/mol. The number of nitrogens with zero attached hydrogens (tertiary/aromatic N) is 1. The number of hydrogen-bond acceptors (Lipinski definition) is 3. The Kier molecular flexibility index (Phi) is 2.72. The van der Waals surface area contributed by atoms with E-state index >= 15 is 0 Å². The second-order valence-electron chi connectivity index (χ2n) is 3.31. The number of halogens is 1. The number of nitrogens with two attached hydrogens (primary N) is 1. The van der Waals surface area contributed by atoms with Gasteiger partial charge in [0.25, 0.3) is 0 Å². The fourth-order valence-corrected chi connectivity index (χ4v) is 2.00. The summed E-state index contributed by atoms with van der Waals surface area (Å²) in [5.74, 6) is 0.543. The average Bonchev–Trinajstić information content (AvgIpc) is 2.18. The van der Waals surface area contributed by atoms with Gasteiger partial charge >= 0.3 is 0 Å². The van der Waals surface area contributed by atoms with E-state index in [1.807, 2.05) is 12.1 Å². The maximum atomic E-state index is 5.63. The summed E-state index contributed by atoms with van der Waals surface area (Å²) in [5.41, 5.74) is 6.88. The maximum Gasteiger partial charge on any atom is 0.189 e. The van der Waals surface area contributed by atoms with Crippen molar-refractivity contribution in [2.45, 2.75) is 12.5 Å². The predicted octanol–water partition coefficient (Wildman–Crippen LogP) is 1.80. The summed E-state index contributed by atoms with van der Waals surface area (Å²) in [5, 5.41) is 3.17. The molecule has 0 radical (unpaired) electrons. The lowest BCUT2D eigenvalue weighted by atomic mass is 10.0. The Morgan fingerprint density at radius 3 is 3.07 bits per heavy atom. The fraction of sp³-hybridized carbons (Fsp3) is 0.300. The Balaban J connectivity index is 2.19. The van der Waals surface area contributed by atoms with Crippen molar-refractivity contribution in [3.63, 3.8) is 0 Å². The molecular weight excluding hydrogens is 242 g/mol. The van der Waals surface area contributed by atoms with E-state index in [-0.39, 0.29) is 0 Å². The van der Waals surface area contributed by atoms with E-state index in [2.05, 4.69) is 38.4 Å². The summed E-state index contributed by atoms with van der Waals surface area (Å²) >= 11 is 3.45. The zero-order chi connectivity index (χ0) is 9.97. The summed E-state index contributed by atoms with van der Waals surface area (Å²) in [6.45, 7) is 0.802. The van der Waals surface area contributed by atoms with Crippen LogP contribution in [0.3, 0.4) is 0 Å². The molecule has 0 spiro atoms. The van der Waals surface area contributed by atoms with Crippen LogP contribution in [0.25, 0.3) is 0 Å². The van der Waals surface area contributed by atoms with Crippen molar-refractivity contribution in [3.8, 4) is 0 Å². The minimum atomic E-state index is 0.296. The number of aliphatic imine (C=N–C) groups is 1. The lowest BCUT2D eigenvalue weighted by Crippen LogP contribution is -2.38. The van der Waals surface area contributed by atoms with Crippen molar-refractivity contribution >= 4 is 21.9 Å². The first-order chi connectivity index (χ1) is 6.75. The van der Waals surface area contributed by atoms with Crippen LogP contribution in [0.1, 0.15) is 18.0 Å². The third-order valence-electron chi connectivity index (χ3n) is 2.27.